The van der Waals surface area contributed by atoms with E-state index >= 15 is 0 Å². The molecule has 0 aromatic rings. The quantitative estimate of drug-likeness (QED) is 0.0513. The molecule has 0 rings (SSSR count). The summed E-state index contributed by atoms with van der Waals surface area (Å²) in [5.74, 6) is -0.546. The summed E-state index contributed by atoms with van der Waals surface area (Å²) < 4.78 is 28.1. The van der Waals surface area contributed by atoms with Crippen LogP contribution in [0.1, 0.15) is 12.8 Å². The Morgan fingerprint density at radius 2 is 1.00 bits per heavy atom. The highest BCUT2D eigenvalue weighted by Gasteiger charge is 2.15. The van der Waals surface area contributed by atoms with Crippen molar-refractivity contribution in [3.05, 3.63) is 0 Å². The first-order chi connectivity index (χ1) is 16.5. The number of rotatable bonds is 14. The first-order valence-electron chi connectivity index (χ1n) is 9.53. The molecule has 0 amide bonds. The highest BCUT2D eigenvalue weighted by Crippen LogP contribution is 2.37. The Labute approximate surface area is 206 Å². The van der Waals surface area contributed by atoms with Gasteiger partial charge in [0.1, 0.15) is 31.7 Å². The van der Waals surface area contributed by atoms with Crippen LogP contribution in [0, 0.1) is 0 Å². The number of hydrogen-bond donors (Lipinski definition) is 13. The molecule has 0 spiro atoms. The van der Waals surface area contributed by atoms with E-state index in [2.05, 4.69) is 9.05 Å². The molecule has 0 fully saturated rings. The molecule has 0 saturated heterocycles. The second-order valence-corrected chi connectivity index (χ2v) is 8.05. The van der Waals surface area contributed by atoms with Crippen molar-refractivity contribution < 1.29 is 93.3 Å². The average Bonchev–Trinajstić information content (AvgIpc) is 2.82. The summed E-state index contributed by atoms with van der Waals surface area (Å²) >= 11 is 0. The Bertz CT molecular complexity index is 503. The maximum atomic E-state index is 10.1. The molecule has 36 heavy (non-hydrogen) atoms. The molecule has 0 radical (unpaired) electrons. The Balaban J connectivity index is -0.000000119. The Kier molecular flexibility index (Phi) is 40.4. The van der Waals surface area contributed by atoms with Crippen molar-refractivity contribution in [2.24, 2.45) is 0 Å². The van der Waals surface area contributed by atoms with Crippen LogP contribution in [0.5, 0.6) is 0 Å². The number of carbonyl (C=O) groups is 2. The number of Topliss-reactive ketones (excluding diaryl/α,β-unsaturated/α-hetero) is 1. The van der Waals surface area contributed by atoms with E-state index in [1.54, 1.807) is 0 Å². The molecular weight excluding hydrogens is 546 g/mol. The van der Waals surface area contributed by atoms with E-state index in [1.807, 2.05) is 0 Å². The second kappa shape index (κ2) is 32.2. The largest absolute Gasteiger partial charge is 0.469 e. The number of hydrogen-bond acceptors (Lipinski definition) is 15. The minimum atomic E-state index is -4.50. The van der Waals surface area contributed by atoms with Crippen LogP contribution >= 0.6 is 15.6 Å². The number of aldehydes is 1. The summed E-state index contributed by atoms with van der Waals surface area (Å²) in [5, 5.41) is 71.5. The smallest absolute Gasteiger partial charge is 0.396 e. The Morgan fingerprint density at radius 1 is 0.694 bits per heavy atom. The minimum Gasteiger partial charge on any atom is -0.396 e. The molecule has 0 aromatic carbocycles. The normalized spacial score (nSPS) is 10.5. The standard InChI is InChI=1S/C3H10O8P2.2C3H8O3.C3H6O3.C3H6O2/c4-12(5,6)10-2-1-3-11-13(7,8)9;3*4-1-3(6)2-5;4-2-1-3-5/h1-3H2,(H2,4,5,6)(H2,7,8,9);2*3-6H,1-2H2;4-5H,1-2H2;2,5H,1,3H2. The second-order valence-electron chi connectivity index (χ2n) is 5.57. The number of phosphoric ester groups is 2. The number of aliphatic hydroxyl groups is 9. The lowest BCUT2D eigenvalue weighted by Gasteiger charge is -2.06. The van der Waals surface area contributed by atoms with Crippen molar-refractivity contribution in [1.29, 1.82) is 0 Å². The van der Waals surface area contributed by atoms with Gasteiger partial charge in [-0.25, -0.2) is 9.13 Å². The molecule has 0 aromatic heterocycles. The zero-order valence-corrected chi connectivity index (χ0v) is 21.0. The van der Waals surface area contributed by atoms with Crippen molar-refractivity contribution in [2.75, 3.05) is 59.5 Å². The average molecular weight is 584 g/mol. The molecule has 222 valence electrons. The van der Waals surface area contributed by atoms with E-state index in [1.165, 1.54) is 0 Å². The van der Waals surface area contributed by atoms with Crippen molar-refractivity contribution in [3.63, 3.8) is 0 Å². The third-order valence-electron chi connectivity index (χ3n) is 2.25. The molecule has 0 heterocycles. The van der Waals surface area contributed by atoms with E-state index in [0.717, 1.165) is 0 Å². The van der Waals surface area contributed by atoms with E-state index < -0.39 is 46.9 Å². The summed E-state index contributed by atoms with van der Waals surface area (Å²) in [5.41, 5.74) is 0. The van der Waals surface area contributed by atoms with Crippen LogP contribution < -0.4 is 0 Å². The summed E-state index contributed by atoms with van der Waals surface area (Å²) in [6.45, 7) is -3.26. The van der Waals surface area contributed by atoms with Gasteiger partial charge in [-0.1, -0.05) is 0 Å². The molecular formula is C15H38O19P2. The maximum Gasteiger partial charge on any atom is 0.469 e. The van der Waals surface area contributed by atoms with Crippen molar-refractivity contribution in [2.45, 2.75) is 25.0 Å². The number of phosphoric acid groups is 2. The molecule has 13 N–H and O–H groups in total. The van der Waals surface area contributed by atoms with Gasteiger partial charge in [-0.05, 0) is 6.42 Å². The van der Waals surface area contributed by atoms with E-state index in [0.29, 0.717) is 6.29 Å². The van der Waals surface area contributed by atoms with Gasteiger partial charge in [-0.15, -0.1) is 0 Å². The van der Waals surface area contributed by atoms with Gasteiger partial charge in [0, 0.05) is 13.0 Å². The molecule has 0 aliphatic carbocycles. The predicted molar refractivity (Wildman–Crippen MR) is 118 cm³/mol. The van der Waals surface area contributed by atoms with E-state index in [4.69, 9.17) is 65.5 Å². The lowest BCUT2D eigenvalue weighted by Crippen LogP contribution is -2.15. The summed E-state index contributed by atoms with van der Waals surface area (Å²) in [6.07, 6.45) is -0.981. The highest BCUT2D eigenvalue weighted by atomic mass is 31.2. The van der Waals surface area contributed by atoms with Crippen LogP contribution in [-0.4, -0.2) is 149 Å². The van der Waals surface area contributed by atoms with Gasteiger partial charge in [0.25, 0.3) is 0 Å². The van der Waals surface area contributed by atoms with Gasteiger partial charge in [0.2, 0.25) is 0 Å². The number of aliphatic hydroxyl groups excluding tert-OH is 9. The zero-order chi connectivity index (χ0) is 29.6. The van der Waals surface area contributed by atoms with Crippen LogP contribution in [0.3, 0.4) is 0 Å². The monoisotopic (exact) mass is 584 g/mol. The van der Waals surface area contributed by atoms with E-state index in [9.17, 15) is 18.7 Å². The fourth-order valence-electron chi connectivity index (χ4n) is 0.644. The fourth-order valence-corrected chi connectivity index (χ4v) is 1.38. The SMILES string of the molecule is O=C(CO)CO.O=CCCO.O=P(O)(O)OCCCOP(=O)(O)O.OCC(O)CO.OCC(O)CO. The number of carbonyl (C=O) groups excluding carboxylic acids is 2. The minimum absolute atomic E-state index is 0.0176. The summed E-state index contributed by atoms with van der Waals surface area (Å²) in [4.78, 5) is 51.6. The van der Waals surface area contributed by atoms with Crippen molar-refractivity contribution >= 4 is 27.7 Å². The molecule has 21 heteroatoms. The fraction of sp³-hybridized carbons (Fsp3) is 0.867. The molecule has 0 unspecified atom stereocenters. The molecule has 0 saturated carbocycles. The van der Waals surface area contributed by atoms with Crippen molar-refractivity contribution in [3.8, 4) is 0 Å². The summed E-state index contributed by atoms with van der Waals surface area (Å²) in [7, 11) is -8.99. The lowest BCUT2D eigenvalue weighted by atomic mass is 10.4. The van der Waals surface area contributed by atoms with Crippen LogP contribution in [0.2, 0.25) is 0 Å². The Hall–Kier alpha value is -0.800. The first kappa shape index (κ1) is 45.1. The van der Waals surface area contributed by atoms with Gasteiger partial charge in [-0.2, -0.15) is 0 Å². The molecule has 19 nitrogen and oxygen atoms in total. The topological polar surface area (TPSA) is 350 Å². The van der Waals surface area contributed by atoms with Gasteiger partial charge >= 0.3 is 15.6 Å². The van der Waals surface area contributed by atoms with Crippen LogP contribution in [0.15, 0.2) is 0 Å². The maximum absolute atomic E-state index is 10.1. The van der Waals surface area contributed by atoms with Crippen LogP contribution in [0.4, 0.5) is 0 Å². The molecule has 0 atom stereocenters. The van der Waals surface area contributed by atoms with Crippen LogP contribution in [-0.2, 0) is 27.8 Å². The predicted octanol–water partition coefficient (Wildman–Crippen LogP) is -5.63. The third-order valence-corrected chi connectivity index (χ3v) is 3.29. The van der Waals surface area contributed by atoms with Gasteiger partial charge in [0.15, 0.2) is 5.78 Å². The molecule has 0 aliphatic heterocycles. The van der Waals surface area contributed by atoms with Crippen LogP contribution in [0.25, 0.3) is 0 Å². The third kappa shape index (κ3) is 64.0. The van der Waals surface area contributed by atoms with Crippen molar-refractivity contribution in [1.82, 2.24) is 0 Å². The van der Waals surface area contributed by atoms with Gasteiger partial charge in [0.05, 0.1) is 39.6 Å². The Morgan fingerprint density at radius 3 is 1.08 bits per heavy atom. The molecule has 0 bridgehead atoms. The van der Waals surface area contributed by atoms with Gasteiger partial charge < -0.3 is 70.3 Å². The lowest BCUT2D eigenvalue weighted by molar-refractivity contribution is -0.124. The number of ketones is 1. The van der Waals surface area contributed by atoms with E-state index in [-0.39, 0.29) is 59.1 Å². The zero-order valence-electron chi connectivity index (χ0n) is 19.2. The summed E-state index contributed by atoms with van der Waals surface area (Å²) in [6, 6.07) is 0. The molecule has 0 aliphatic rings. The highest BCUT2D eigenvalue weighted by molar-refractivity contribution is 7.46. The van der Waals surface area contributed by atoms with Gasteiger partial charge in [-0.3, -0.25) is 13.8 Å². The first-order valence-corrected chi connectivity index (χ1v) is 12.6.